The zero-order valence-electron chi connectivity index (χ0n) is 11.3. The second-order valence-electron chi connectivity index (χ2n) is 5.21. The van der Waals surface area contributed by atoms with Crippen molar-refractivity contribution in [3.8, 4) is 6.07 Å². The van der Waals surface area contributed by atoms with Crippen LogP contribution in [0.15, 0.2) is 12.1 Å². The highest BCUT2D eigenvalue weighted by atomic mass is 16.6. The Hall–Kier alpha value is -2.20. The van der Waals surface area contributed by atoms with E-state index >= 15 is 0 Å². The van der Waals surface area contributed by atoms with E-state index in [0.717, 1.165) is 26.1 Å². The molecule has 1 aromatic heterocycles. The lowest BCUT2D eigenvalue weighted by Crippen LogP contribution is -2.33. The summed E-state index contributed by atoms with van der Waals surface area (Å²) in [7, 11) is 0. The van der Waals surface area contributed by atoms with E-state index in [1.54, 1.807) is 6.07 Å². The Morgan fingerprint density at radius 3 is 2.85 bits per heavy atom. The lowest BCUT2D eigenvalue weighted by atomic mass is 9.82. The number of anilines is 1. The summed E-state index contributed by atoms with van der Waals surface area (Å²) >= 11 is 0. The molecule has 2 rings (SSSR count). The first-order valence-electron chi connectivity index (χ1n) is 6.41. The maximum Gasteiger partial charge on any atom is 0.305 e. The average Bonchev–Trinajstić information content (AvgIpc) is 2.45. The van der Waals surface area contributed by atoms with Gasteiger partial charge >= 0.3 is 5.69 Å². The van der Waals surface area contributed by atoms with Crippen LogP contribution in [0.25, 0.3) is 0 Å². The van der Waals surface area contributed by atoms with E-state index < -0.39 is 4.92 Å². The van der Waals surface area contributed by atoms with Gasteiger partial charge in [0.25, 0.3) is 0 Å². The van der Waals surface area contributed by atoms with Gasteiger partial charge in [-0.2, -0.15) is 5.26 Å². The third-order valence-electron chi connectivity index (χ3n) is 3.57. The van der Waals surface area contributed by atoms with Crippen LogP contribution in [0.5, 0.6) is 0 Å². The second-order valence-corrected chi connectivity index (χ2v) is 5.21. The van der Waals surface area contributed by atoms with Crippen LogP contribution in [0.1, 0.15) is 25.5 Å². The van der Waals surface area contributed by atoms with Crippen LogP contribution >= 0.6 is 0 Å². The van der Waals surface area contributed by atoms with E-state index in [-0.39, 0.29) is 16.8 Å². The highest BCUT2D eigenvalue weighted by Crippen LogP contribution is 2.30. The van der Waals surface area contributed by atoms with E-state index in [1.807, 2.05) is 0 Å². The average molecular weight is 276 g/mol. The van der Waals surface area contributed by atoms with Crippen molar-refractivity contribution in [2.45, 2.75) is 19.8 Å². The highest BCUT2D eigenvalue weighted by Gasteiger charge is 2.27. The van der Waals surface area contributed by atoms with Crippen molar-refractivity contribution in [1.29, 1.82) is 5.26 Å². The first-order valence-corrected chi connectivity index (χ1v) is 6.41. The minimum atomic E-state index is -0.602. The molecular formula is C13H16N4O3. The van der Waals surface area contributed by atoms with Gasteiger partial charge in [-0.3, -0.25) is 10.1 Å². The zero-order chi connectivity index (χ0) is 14.6. The standard InChI is InChI=1S/C13H16N4O3/c1-13(4-6-20-7-5-13)9-15-12-3-2-11(17(18)19)10(8-14)16-12/h2-3H,4-7,9H2,1H3,(H,15,16). The van der Waals surface area contributed by atoms with Crippen LogP contribution in [0.3, 0.4) is 0 Å². The highest BCUT2D eigenvalue weighted by molar-refractivity contribution is 5.50. The molecule has 0 aromatic carbocycles. The third-order valence-corrected chi connectivity index (χ3v) is 3.57. The third kappa shape index (κ3) is 3.22. The molecule has 1 fully saturated rings. The Labute approximate surface area is 116 Å². The molecule has 106 valence electrons. The van der Waals surface area contributed by atoms with Crippen molar-refractivity contribution in [3.63, 3.8) is 0 Å². The van der Waals surface area contributed by atoms with E-state index in [9.17, 15) is 10.1 Å². The number of nitrogens with one attached hydrogen (secondary N) is 1. The minimum Gasteiger partial charge on any atom is -0.381 e. The summed E-state index contributed by atoms with van der Waals surface area (Å²) < 4.78 is 5.33. The van der Waals surface area contributed by atoms with E-state index in [0.29, 0.717) is 12.4 Å². The summed E-state index contributed by atoms with van der Waals surface area (Å²) in [5.41, 5.74) is -0.318. The molecule has 1 aliphatic rings. The van der Waals surface area contributed by atoms with Gasteiger partial charge in [0.2, 0.25) is 5.69 Å². The molecule has 20 heavy (non-hydrogen) atoms. The molecule has 0 bridgehead atoms. The molecule has 0 radical (unpaired) electrons. The smallest absolute Gasteiger partial charge is 0.305 e. The fraction of sp³-hybridized carbons (Fsp3) is 0.538. The molecule has 7 heteroatoms. The zero-order valence-corrected chi connectivity index (χ0v) is 11.3. The summed E-state index contributed by atoms with van der Waals surface area (Å²) in [5.74, 6) is 0.486. The summed E-state index contributed by atoms with van der Waals surface area (Å²) in [5, 5.41) is 22.8. The first-order chi connectivity index (χ1) is 9.54. The molecule has 1 aliphatic heterocycles. The van der Waals surface area contributed by atoms with Crippen molar-refractivity contribution < 1.29 is 9.66 Å². The Morgan fingerprint density at radius 2 is 2.25 bits per heavy atom. The van der Waals surface area contributed by atoms with Crippen LogP contribution in [-0.4, -0.2) is 29.7 Å². The Balaban J connectivity index is 2.07. The summed E-state index contributed by atoms with van der Waals surface area (Å²) in [4.78, 5) is 14.1. The van der Waals surface area contributed by atoms with Crippen molar-refractivity contribution in [2.75, 3.05) is 25.1 Å². The monoisotopic (exact) mass is 276 g/mol. The van der Waals surface area contributed by atoms with Crippen molar-refractivity contribution in [2.24, 2.45) is 5.41 Å². The van der Waals surface area contributed by atoms with Gasteiger partial charge in [0.1, 0.15) is 11.9 Å². The van der Waals surface area contributed by atoms with Gasteiger partial charge in [-0.25, -0.2) is 4.98 Å². The molecule has 0 saturated carbocycles. The van der Waals surface area contributed by atoms with Crippen LogP contribution < -0.4 is 5.32 Å². The lowest BCUT2D eigenvalue weighted by Gasteiger charge is -2.33. The molecule has 0 unspecified atom stereocenters. The van der Waals surface area contributed by atoms with E-state index in [4.69, 9.17) is 10.00 Å². The normalized spacial score (nSPS) is 17.2. The topological polar surface area (TPSA) is 101 Å². The van der Waals surface area contributed by atoms with Crippen molar-refractivity contribution >= 4 is 11.5 Å². The SMILES string of the molecule is CC1(CNc2ccc([N+](=O)[O-])c(C#N)n2)CCOCC1. The number of pyridine rings is 1. The lowest BCUT2D eigenvalue weighted by molar-refractivity contribution is -0.385. The molecule has 0 aliphatic carbocycles. The number of nitrogens with zero attached hydrogens (tertiary/aromatic N) is 3. The number of hydrogen-bond donors (Lipinski definition) is 1. The van der Waals surface area contributed by atoms with E-state index in [1.165, 1.54) is 12.1 Å². The minimum absolute atomic E-state index is 0.120. The van der Waals surface area contributed by atoms with Gasteiger partial charge in [0.05, 0.1) is 4.92 Å². The predicted octanol–water partition coefficient (Wildman–Crippen LogP) is 2.09. The Bertz CT molecular complexity index is 547. The molecular weight excluding hydrogens is 260 g/mol. The van der Waals surface area contributed by atoms with Crippen LogP contribution in [0, 0.1) is 26.9 Å². The maximum atomic E-state index is 10.7. The number of nitro groups is 1. The number of ether oxygens (including phenoxy) is 1. The fourth-order valence-corrected chi connectivity index (χ4v) is 2.12. The number of hydrogen-bond acceptors (Lipinski definition) is 6. The molecule has 1 saturated heterocycles. The maximum absolute atomic E-state index is 10.7. The summed E-state index contributed by atoms with van der Waals surface area (Å²) in [6.07, 6.45) is 1.91. The number of nitriles is 1. The summed E-state index contributed by atoms with van der Waals surface area (Å²) in [6.45, 7) is 4.36. The molecule has 0 spiro atoms. The van der Waals surface area contributed by atoms with Crippen LogP contribution in [0.4, 0.5) is 11.5 Å². The van der Waals surface area contributed by atoms with Gasteiger partial charge < -0.3 is 10.1 Å². The second kappa shape index (κ2) is 5.84. The van der Waals surface area contributed by atoms with Crippen molar-refractivity contribution in [1.82, 2.24) is 4.98 Å². The predicted molar refractivity (Wildman–Crippen MR) is 72.3 cm³/mol. The van der Waals surface area contributed by atoms with Gasteiger partial charge in [0.15, 0.2) is 0 Å². The molecule has 1 aromatic rings. The van der Waals surface area contributed by atoms with Gasteiger partial charge in [-0.1, -0.05) is 6.92 Å². The molecule has 0 atom stereocenters. The fourth-order valence-electron chi connectivity index (χ4n) is 2.12. The quantitative estimate of drug-likeness (QED) is 0.667. The Kier molecular flexibility index (Phi) is 4.15. The molecule has 7 nitrogen and oxygen atoms in total. The van der Waals surface area contributed by atoms with Gasteiger partial charge in [0, 0.05) is 25.8 Å². The van der Waals surface area contributed by atoms with Crippen LogP contribution in [-0.2, 0) is 4.74 Å². The summed E-state index contributed by atoms with van der Waals surface area (Å²) in [6, 6.07) is 4.59. The molecule has 0 amide bonds. The van der Waals surface area contributed by atoms with E-state index in [2.05, 4.69) is 17.2 Å². The largest absolute Gasteiger partial charge is 0.381 e. The van der Waals surface area contributed by atoms with Gasteiger partial charge in [-0.05, 0) is 24.3 Å². The van der Waals surface area contributed by atoms with Crippen LogP contribution in [0.2, 0.25) is 0 Å². The Morgan fingerprint density at radius 1 is 1.55 bits per heavy atom. The number of rotatable bonds is 4. The number of aromatic nitrogens is 1. The van der Waals surface area contributed by atoms with Crippen molar-refractivity contribution in [3.05, 3.63) is 27.9 Å². The molecule has 2 heterocycles. The van der Waals surface area contributed by atoms with Gasteiger partial charge in [-0.15, -0.1) is 0 Å². The first kappa shape index (κ1) is 14.2. The molecule has 1 N–H and O–H groups in total.